The molecular weight excluding hydrogens is 467 g/mol. The minimum absolute atomic E-state index is 0. The molecule has 0 amide bonds. The fourth-order valence-corrected chi connectivity index (χ4v) is 2.75. The third kappa shape index (κ3) is 6.60. The number of nitrogens with zero attached hydrogens (tertiary/aromatic N) is 2. The van der Waals surface area contributed by atoms with Crippen molar-refractivity contribution in [1.82, 2.24) is 15.8 Å². The number of hydrogen-bond donors (Lipinski definition) is 2. The highest BCUT2D eigenvalue weighted by molar-refractivity contribution is 14.0. The molecule has 0 radical (unpaired) electrons. The van der Waals surface area contributed by atoms with Crippen LogP contribution in [0.25, 0.3) is 0 Å². The minimum Gasteiger partial charge on any atom is -0.359 e. The summed E-state index contributed by atoms with van der Waals surface area (Å²) in [5, 5.41) is 10.3. The van der Waals surface area contributed by atoms with E-state index in [1.165, 1.54) is 6.26 Å². The van der Waals surface area contributed by atoms with Gasteiger partial charge in [-0.05, 0) is 23.6 Å². The number of benzene rings is 1. The Balaban J connectivity index is 0.00000338. The molecule has 1 aromatic carbocycles. The summed E-state index contributed by atoms with van der Waals surface area (Å²) in [7, 11) is -1.49. The first kappa shape index (κ1) is 22.4. The highest BCUT2D eigenvalue weighted by Crippen LogP contribution is 2.13. The van der Waals surface area contributed by atoms with E-state index in [0.29, 0.717) is 29.9 Å². The van der Waals surface area contributed by atoms with Crippen LogP contribution in [0, 0.1) is 0 Å². The fourth-order valence-electron chi connectivity index (χ4n) is 2.12. The molecule has 2 rings (SSSR count). The summed E-state index contributed by atoms with van der Waals surface area (Å²) in [5.41, 5.74) is 1.88. The Hall–Kier alpha value is -1.62. The summed E-state index contributed by atoms with van der Waals surface area (Å²) < 4.78 is 28.2. The number of sulfone groups is 1. The van der Waals surface area contributed by atoms with Gasteiger partial charge in [0.05, 0.1) is 17.1 Å². The number of guanidine groups is 1. The van der Waals surface area contributed by atoms with Gasteiger partial charge in [-0.25, -0.2) is 8.42 Å². The maximum absolute atomic E-state index is 11.5. The van der Waals surface area contributed by atoms with Crippen molar-refractivity contribution < 1.29 is 12.9 Å². The Labute approximate surface area is 171 Å². The summed E-state index contributed by atoms with van der Waals surface area (Å²) in [6.07, 6.45) is 1.19. The molecule has 1 aromatic heterocycles. The van der Waals surface area contributed by atoms with E-state index >= 15 is 0 Å². The Kier molecular flexibility index (Phi) is 8.54. The van der Waals surface area contributed by atoms with E-state index in [1.807, 2.05) is 6.07 Å². The molecule has 0 fully saturated rings. The summed E-state index contributed by atoms with van der Waals surface area (Å²) in [5.74, 6) is 1.68. The lowest BCUT2D eigenvalue weighted by Gasteiger charge is -2.11. The van der Waals surface area contributed by atoms with Crippen LogP contribution in [0.2, 0.25) is 0 Å². The van der Waals surface area contributed by atoms with E-state index < -0.39 is 9.84 Å². The predicted molar refractivity (Wildman–Crippen MR) is 113 cm³/mol. The molecular formula is C17H25IN4O3S. The van der Waals surface area contributed by atoms with Crippen molar-refractivity contribution in [3.8, 4) is 0 Å². The Bertz CT molecular complexity index is 830. The largest absolute Gasteiger partial charge is 0.359 e. The van der Waals surface area contributed by atoms with E-state index in [0.717, 1.165) is 17.0 Å². The van der Waals surface area contributed by atoms with Crippen LogP contribution in [0.1, 0.15) is 36.8 Å². The molecule has 0 saturated heterocycles. The van der Waals surface area contributed by atoms with E-state index in [-0.39, 0.29) is 24.0 Å². The third-order valence-electron chi connectivity index (χ3n) is 3.63. The van der Waals surface area contributed by atoms with E-state index in [4.69, 9.17) is 4.52 Å². The van der Waals surface area contributed by atoms with Gasteiger partial charge in [0.15, 0.2) is 21.6 Å². The van der Waals surface area contributed by atoms with Crippen LogP contribution >= 0.6 is 24.0 Å². The van der Waals surface area contributed by atoms with Gasteiger partial charge in [0.2, 0.25) is 0 Å². The lowest BCUT2D eigenvalue weighted by molar-refractivity contribution is 0.372. The molecule has 9 heteroatoms. The van der Waals surface area contributed by atoms with E-state index in [1.54, 1.807) is 31.3 Å². The Morgan fingerprint density at radius 3 is 2.31 bits per heavy atom. The van der Waals surface area contributed by atoms with Crippen LogP contribution in [0.5, 0.6) is 0 Å². The van der Waals surface area contributed by atoms with Gasteiger partial charge in [-0.1, -0.05) is 31.1 Å². The van der Waals surface area contributed by atoms with Crippen molar-refractivity contribution in [2.45, 2.75) is 37.8 Å². The van der Waals surface area contributed by atoms with Crippen LogP contribution in [0.15, 0.2) is 44.7 Å². The zero-order valence-electron chi connectivity index (χ0n) is 15.3. The van der Waals surface area contributed by atoms with Gasteiger partial charge in [0.1, 0.15) is 0 Å². The number of aliphatic imine (C=N–C) groups is 1. The monoisotopic (exact) mass is 492 g/mol. The second-order valence-corrected chi connectivity index (χ2v) is 8.08. The summed E-state index contributed by atoms with van der Waals surface area (Å²) >= 11 is 0. The van der Waals surface area contributed by atoms with Gasteiger partial charge in [-0.3, -0.25) is 4.99 Å². The molecule has 0 unspecified atom stereocenters. The van der Waals surface area contributed by atoms with Gasteiger partial charge in [0, 0.05) is 25.9 Å². The van der Waals surface area contributed by atoms with Crippen LogP contribution < -0.4 is 10.6 Å². The molecule has 0 atom stereocenters. The topological polar surface area (TPSA) is 96.6 Å². The third-order valence-corrected chi connectivity index (χ3v) is 4.76. The number of hydrogen-bond acceptors (Lipinski definition) is 5. The fraction of sp³-hybridized carbons (Fsp3) is 0.412. The van der Waals surface area contributed by atoms with Crippen molar-refractivity contribution in [2.24, 2.45) is 4.99 Å². The second kappa shape index (κ2) is 9.91. The number of aromatic nitrogens is 1. The first-order valence-corrected chi connectivity index (χ1v) is 9.87. The van der Waals surface area contributed by atoms with Gasteiger partial charge in [-0.15, -0.1) is 24.0 Å². The van der Waals surface area contributed by atoms with Crippen LogP contribution in [-0.4, -0.2) is 32.8 Å². The quantitative estimate of drug-likeness (QED) is 0.366. The van der Waals surface area contributed by atoms with Crippen molar-refractivity contribution in [1.29, 1.82) is 0 Å². The molecule has 0 saturated carbocycles. The lowest BCUT2D eigenvalue weighted by Crippen LogP contribution is -2.36. The standard InChI is InChI=1S/C17H24N4O3S.HI/c1-12(2)16-9-14(24-21-16)11-20-17(18-3)19-10-13-5-7-15(8-6-13)25(4,22)23;/h5-9,12H,10-11H2,1-4H3,(H2,18,19,20);1H. The van der Waals surface area contributed by atoms with Gasteiger partial charge >= 0.3 is 0 Å². The molecule has 7 nitrogen and oxygen atoms in total. The molecule has 0 aliphatic carbocycles. The number of rotatable bonds is 6. The second-order valence-electron chi connectivity index (χ2n) is 6.07. The van der Waals surface area contributed by atoms with Gasteiger partial charge in [-0.2, -0.15) is 0 Å². The first-order chi connectivity index (χ1) is 11.8. The molecule has 2 aromatic rings. The van der Waals surface area contributed by atoms with E-state index in [9.17, 15) is 8.42 Å². The molecule has 144 valence electrons. The predicted octanol–water partition coefficient (Wildman–Crippen LogP) is 2.68. The lowest BCUT2D eigenvalue weighted by atomic mass is 10.1. The van der Waals surface area contributed by atoms with Gasteiger partial charge < -0.3 is 15.2 Å². The first-order valence-electron chi connectivity index (χ1n) is 7.98. The van der Waals surface area contributed by atoms with Crippen LogP contribution in [0.4, 0.5) is 0 Å². The molecule has 0 aliphatic heterocycles. The SMILES string of the molecule is CN=C(NCc1ccc(S(C)(=O)=O)cc1)NCc1cc(C(C)C)no1.I. The summed E-state index contributed by atoms with van der Waals surface area (Å²) in [6.45, 7) is 5.12. The molecule has 2 N–H and O–H groups in total. The molecule has 26 heavy (non-hydrogen) atoms. The van der Waals surface area contributed by atoms with Crippen LogP contribution in [0.3, 0.4) is 0 Å². The van der Waals surface area contributed by atoms with Crippen molar-refractivity contribution in [2.75, 3.05) is 13.3 Å². The minimum atomic E-state index is -3.17. The molecule has 1 heterocycles. The summed E-state index contributed by atoms with van der Waals surface area (Å²) in [6, 6.07) is 8.69. The highest BCUT2D eigenvalue weighted by Gasteiger charge is 2.09. The maximum Gasteiger partial charge on any atom is 0.191 e. The molecule has 0 bridgehead atoms. The average Bonchev–Trinajstić information content (AvgIpc) is 3.04. The van der Waals surface area contributed by atoms with Crippen molar-refractivity contribution in [3.05, 3.63) is 47.3 Å². The molecule has 0 aliphatic rings. The Morgan fingerprint density at radius 1 is 1.19 bits per heavy atom. The van der Waals surface area contributed by atoms with Crippen molar-refractivity contribution in [3.63, 3.8) is 0 Å². The number of nitrogens with one attached hydrogen (secondary N) is 2. The zero-order chi connectivity index (χ0) is 18.4. The van der Waals surface area contributed by atoms with Gasteiger partial charge in [0.25, 0.3) is 0 Å². The smallest absolute Gasteiger partial charge is 0.191 e. The van der Waals surface area contributed by atoms with E-state index in [2.05, 4.69) is 34.6 Å². The molecule has 0 spiro atoms. The van der Waals surface area contributed by atoms with Crippen LogP contribution in [-0.2, 0) is 22.9 Å². The summed E-state index contributed by atoms with van der Waals surface area (Å²) in [4.78, 5) is 4.46. The van der Waals surface area contributed by atoms with Crippen molar-refractivity contribution >= 4 is 39.8 Å². The Morgan fingerprint density at radius 2 is 1.81 bits per heavy atom. The normalized spacial score (nSPS) is 12.0. The zero-order valence-corrected chi connectivity index (χ0v) is 18.5. The highest BCUT2D eigenvalue weighted by atomic mass is 127. The number of halogens is 1. The average molecular weight is 492 g/mol. The maximum atomic E-state index is 11.5.